The summed E-state index contributed by atoms with van der Waals surface area (Å²) in [7, 11) is 1.92. The molecule has 0 fully saturated rings. The molecule has 8 heteroatoms. The maximum atomic E-state index is 6.36. The number of nitrogens with zero attached hydrogens (tertiary/aromatic N) is 5. The third-order valence-electron chi connectivity index (χ3n) is 4.04. The number of fused-ring (bicyclic) bond motifs is 1. The molecule has 1 aromatic carbocycles. The van der Waals surface area contributed by atoms with Crippen molar-refractivity contribution in [3.63, 3.8) is 0 Å². The highest BCUT2D eigenvalue weighted by Gasteiger charge is 2.18. The van der Waals surface area contributed by atoms with Crippen molar-refractivity contribution < 1.29 is 0 Å². The topological polar surface area (TPSA) is 68.5 Å². The van der Waals surface area contributed by atoms with E-state index in [0.717, 1.165) is 11.2 Å². The average Bonchev–Trinajstić information content (AvgIpc) is 2.93. The fraction of sp³-hybridized carbons (Fsp3) is 0.111. The quantitative estimate of drug-likeness (QED) is 0.550. The Morgan fingerprint density at radius 3 is 2.54 bits per heavy atom. The van der Waals surface area contributed by atoms with Gasteiger partial charge in [0.2, 0.25) is 0 Å². The lowest BCUT2D eigenvalue weighted by Gasteiger charge is -2.06. The highest BCUT2D eigenvalue weighted by molar-refractivity contribution is 6.39. The molecule has 4 aromatic rings. The normalized spacial score (nSPS) is 11.1. The maximum Gasteiger partial charge on any atom is 0.159 e. The van der Waals surface area contributed by atoms with Gasteiger partial charge in [-0.3, -0.25) is 0 Å². The van der Waals surface area contributed by atoms with Crippen molar-refractivity contribution in [2.75, 3.05) is 5.32 Å². The van der Waals surface area contributed by atoms with Gasteiger partial charge in [0.05, 0.1) is 21.1 Å². The number of anilines is 2. The van der Waals surface area contributed by atoms with Gasteiger partial charge in [0.25, 0.3) is 0 Å². The summed E-state index contributed by atoms with van der Waals surface area (Å²) in [5, 5.41) is 4.30. The second-order valence-corrected chi connectivity index (χ2v) is 6.60. The largest absolute Gasteiger partial charge is 0.327 e. The molecule has 0 saturated heterocycles. The Labute approximate surface area is 159 Å². The van der Waals surface area contributed by atoms with Crippen molar-refractivity contribution >= 4 is 45.9 Å². The summed E-state index contributed by atoms with van der Waals surface area (Å²) in [5.41, 5.74) is 3.16. The molecule has 26 heavy (non-hydrogen) atoms. The Morgan fingerprint density at radius 1 is 1.04 bits per heavy atom. The van der Waals surface area contributed by atoms with E-state index in [2.05, 4.69) is 20.3 Å². The van der Waals surface area contributed by atoms with Crippen LogP contribution in [0.2, 0.25) is 10.0 Å². The van der Waals surface area contributed by atoms with Crippen LogP contribution in [-0.2, 0) is 7.05 Å². The molecule has 1 N–H and O–H groups in total. The van der Waals surface area contributed by atoms with Crippen LogP contribution in [0.25, 0.3) is 22.4 Å². The Morgan fingerprint density at radius 2 is 1.81 bits per heavy atom. The lowest BCUT2D eigenvalue weighted by atomic mass is 10.2. The van der Waals surface area contributed by atoms with Gasteiger partial charge in [0.15, 0.2) is 5.82 Å². The number of benzene rings is 1. The molecule has 0 amide bonds. The number of nitrogens with one attached hydrogen (secondary N) is 1. The van der Waals surface area contributed by atoms with Crippen LogP contribution < -0.4 is 5.32 Å². The molecule has 0 aliphatic carbocycles. The fourth-order valence-electron chi connectivity index (χ4n) is 2.79. The van der Waals surface area contributed by atoms with Crippen LogP contribution in [0.5, 0.6) is 0 Å². The van der Waals surface area contributed by atoms with Crippen LogP contribution >= 0.6 is 23.2 Å². The van der Waals surface area contributed by atoms with Crippen LogP contribution in [0.1, 0.15) is 5.69 Å². The molecule has 0 atom stereocenters. The van der Waals surface area contributed by atoms with Crippen molar-refractivity contribution in [3.8, 4) is 11.4 Å². The zero-order valence-corrected chi connectivity index (χ0v) is 15.5. The summed E-state index contributed by atoms with van der Waals surface area (Å²) in [6.45, 7) is 1.90. The number of aromatic nitrogens is 5. The Bertz CT molecular complexity index is 1100. The zero-order valence-electron chi connectivity index (χ0n) is 14.0. The van der Waals surface area contributed by atoms with E-state index >= 15 is 0 Å². The van der Waals surface area contributed by atoms with Crippen LogP contribution in [0.3, 0.4) is 0 Å². The summed E-state index contributed by atoms with van der Waals surface area (Å²) < 4.78 is 1.94. The van der Waals surface area contributed by atoms with E-state index in [1.807, 2.05) is 36.7 Å². The summed E-state index contributed by atoms with van der Waals surface area (Å²) in [6, 6.07) is 9.14. The van der Waals surface area contributed by atoms with Crippen LogP contribution in [-0.4, -0.2) is 24.5 Å². The molecule has 4 rings (SSSR count). The first-order chi connectivity index (χ1) is 12.5. The minimum atomic E-state index is 0.546. The fourth-order valence-corrected chi connectivity index (χ4v) is 3.36. The first-order valence-corrected chi connectivity index (χ1v) is 8.61. The Kier molecular flexibility index (Phi) is 4.22. The third-order valence-corrected chi connectivity index (χ3v) is 4.67. The Balaban J connectivity index is 1.88. The van der Waals surface area contributed by atoms with Crippen LogP contribution in [0.15, 0.2) is 42.9 Å². The molecule has 0 unspecified atom stereocenters. The molecular weight excluding hydrogens is 371 g/mol. The lowest BCUT2D eigenvalue weighted by molar-refractivity contribution is 0.959. The number of imidazole rings is 1. The number of hydrogen-bond donors (Lipinski definition) is 1. The SMILES string of the molecule is Cc1cc(Nc2nccc3c2nc(-c2c(Cl)cccc2Cl)n3C)ncn1. The Hall–Kier alpha value is -2.70. The number of rotatable bonds is 3. The molecule has 3 heterocycles. The van der Waals surface area contributed by atoms with Gasteiger partial charge < -0.3 is 9.88 Å². The van der Waals surface area contributed by atoms with Crippen LogP contribution in [0.4, 0.5) is 11.6 Å². The van der Waals surface area contributed by atoms with E-state index < -0.39 is 0 Å². The molecular formula is C18H14Cl2N6. The van der Waals surface area contributed by atoms with Crippen LogP contribution in [0, 0.1) is 6.92 Å². The number of halogens is 2. The number of hydrogen-bond acceptors (Lipinski definition) is 5. The first-order valence-electron chi connectivity index (χ1n) is 7.86. The van der Waals surface area contributed by atoms with Crippen molar-refractivity contribution in [2.24, 2.45) is 7.05 Å². The lowest BCUT2D eigenvalue weighted by Crippen LogP contribution is -1.98. The van der Waals surface area contributed by atoms with Gasteiger partial charge in [-0.2, -0.15) is 0 Å². The van der Waals surface area contributed by atoms with Gasteiger partial charge in [-0.05, 0) is 25.1 Å². The van der Waals surface area contributed by atoms with Gasteiger partial charge in [-0.25, -0.2) is 19.9 Å². The summed E-state index contributed by atoms with van der Waals surface area (Å²) >= 11 is 12.7. The first kappa shape index (κ1) is 16.8. The van der Waals surface area contributed by atoms with Crippen molar-refractivity contribution in [3.05, 3.63) is 58.6 Å². The summed E-state index contributed by atoms with van der Waals surface area (Å²) in [5.74, 6) is 1.93. The van der Waals surface area contributed by atoms with Gasteiger partial charge in [-0.1, -0.05) is 29.3 Å². The molecule has 130 valence electrons. The molecule has 0 bridgehead atoms. The summed E-state index contributed by atoms with van der Waals surface area (Å²) in [6.07, 6.45) is 3.23. The van der Waals surface area contributed by atoms with Gasteiger partial charge >= 0.3 is 0 Å². The second kappa shape index (κ2) is 6.55. The predicted molar refractivity (Wildman–Crippen MR) is 104 cm³/mol. The second-order valence-electron chi connectivity index (χ2n) is 5.79. The summed E-state index contributed by atoms with van der Waals surface area (Å²) in [4.78, 5) is 17.5. The highest BCUT2D eigenvalue weighted by Crippen LogP contribution is 2.36. The molecule has 0 spiro atoms. The van der Waals surface area contributed by atoms with E-state index in [0.29, 0.717) is 38.6 Å². The molecule has 6 nitrogen and oxygen atoms in total. The highest BCUT2D eigenvalue weighted by atomic mass is 35.5. The van der Waals surface area contributed by atoms with E-state index in [1.165, 1.54) is 6.33 Å². The van der Waals surface area contributed by atoms with E-state index in [-0.39, 0.29) is 0 Å². The molecule has 0 radical (unpaired) electrons. The standard InChI is InChI=1S/C18H14Cl2N6/c1-10-8-14(23-9-22-10)24-17-16-13(6-7-21-17)26(2)18(25-16)15-11(19)4-3-5-12(15)20/h3-9H,1-2H3,(H,21,22,23,24). The van der Waals surface area contributed by atoms with Crippen molar-refractivity contribution in [2.45, 2.75) is 6.92 Å². The molecule has 3 aromatic heterocycles. The zero-order chi connectivity index (χ0) is 18.3. The van der Waals surface area contributed by atoms with E-state index in [9.17, 15) is 0 Å². The van der Waals surface area contributed by atoms with E-state index in [4.69, 9.17) is 28.2 Å². The monoisotopic (exact) mass is 384 g/mol. The van der Waals surface area contributed by atoms with Gasteiger partial charge in [0.1, 0.15) is 23.5 Å². The van der Waals surface area contributed by atoms with Crippen molar-refractivity contribution in [1.82, 2.24) is 24.5 Å². The van der Waals surface area contributed by atoms with Gasteiger partial charge in [-0.15, -0.1) is 0 Å². The average molecular weight is 385 g/mol. The predicted octanol–water partition coefficient (Wildman–Crippen LogP) is 4.78. The molecule has 0 aliphatic rings. The third kappa shape index (κ3) is 2.87. The maximum absolute atomic E-state index is 6.36. The number of aryl methyl sites for hydroxylation is 2. The minimum Gasteiger partial charge on any atom is -0.327 e. The van der Waals surface area contributed by atoms with Crippen molar-refractivity contribution in [1.29, 1.82) is 0 Å². The smallest absolute Gasteiger partial charge is 0.159 e. The number of pyridine rings is 1. The molecule has 0 saturated carbocycles. The minimum absolute atomic E-state index is 0.546. The van der Waals surface area contributed by atoms with E-state index in [1.54, 1.807) is 18.3 Å². The van der Waals surface area contributed by atoms with Gasteiger partial charge in [0, 0.05) is 25.0 Å². The molecule has 0 aliphatic heterocycles.